The Kier molecular flexibility index (Phi) is 4.83. The maximum Gasteiger partial charge on any atom is 0.248 e. The zero-order valence-electron chi connectivity index (χ0n) is 11.2. The lowest BCUT2D eigenvalue weighted by Gasteiger charge is -2.08. The first-order chi connectivity index (χ1) is 9.95. The minimum absolute atomic E-state index is 0.161. The topological polar surface area (TPSA) is 68.0 Å². The number of pyridine rings is 1. The first-order valence-corrected chi connectivity index (χ1v) is 6.88. The summed E-state index contributed by atoms with van der Waals surface area (Å²) < 4.78 is 0. The normalized spacial score (nSPS) is 10.8. The summed E-state index contributed by atoms with van der Waals surface area (Å²) in [6.45, 7) is 1.79. The lowest BCUT2D eigenvalue weighted by molar-refractivity contribution is -0.111. The average molecular weight is 322 g/mol. The van der Waals surface area contributed by atoms with Gasteiger partial charge in [0.05, 0.1) is 5.69 Å². The third-order valence-corrected chi connectivity index (χ3v) is 3.22. The maximum atomic E-state index is 11.9. The summed E-state index contributed by atoms with van der Waals surface area (Å²) in [7, 11) is 0. The molecule has 2 aromatic rings. The number of rotatable bonds is 3. The molecule has 0 atom stereocenters. The van der Waals surface area contributed by atoms with Gasteiger partial charge < -0.3 is 11.1 Å². The molecule has 21 heavy (non-hydrogen) atoms. The smallest absolute Gasteiger partial charge is 0.248 e. The van der Waals surface area contributed by atoms with Crippen molar-refractivity contribution >= 4 is 46.6 Å². The van der Waals surface area contributed by atoms with Crippen molar-refractivity contribution in [2.75, 3.05) is 11.1 Å². The fourth-order valence-electron chi connectivity index (χ4n) is 1.69. The monoisotopic (exact) mass is 321 g/mol. The third kappa shape index (κ3) is 4.21. The number of aromatic nitrogens is 1. The summed E-state index contributed by atoms with van der Waals surface area (Å²) in [5.74, 6) is -0.305. The van der Waals surface area contributed by atoms with Gasteiger partial charge >= 0.3 is 0 Å². The van der Waals surface area contributed by atoms with E-state index in [0.29, 0.717) is 11.4 Å². The van der Waals surface area contributed by atoms with Gasteiger partial charge in [0.2, 0.25) is 5.91 Å². The van der Waals surface area contributed by atoms with Crippen LogP contribution in [0.5, 0.6) is 0 Å². The molecule has 2 rings (SSSR count). The van der Waals surface area contributed by atoms with Gasteiger partial charge in [0.1, 0.15) is 5.15 Å². The Bertz CT molecular complexity index is 674. The van der Waals surface area contributed by atoms with Crippen molar-refractivity contribution in [1.82, 2.24) is 4.98 Å². The maximum absolute atomic E-state index is 11.9. The SMILES string of the molecule is Cc1cc(Cl)nc(Cl)c1NC(=O)/C=C/c1ccc(N)cc1. The van der Waals surface area contributed by atoms with Crippen molar-refractivity contribution in [2.24, 2.45) is 0 Å². The Balaban J connectivity index is 2.10. The number of halogens is 2. The van der Waals surface area contributed by atoms with Gasteiger partial charge in [-0.25, -0.2) is 4.98 Å². The van der Waals surface area contributed by atoms with Crippen molar-refractivity contribution in [3.05, 3.63) is 57.8 Å². The average Bonchev–Trinajstić information content (AvgIpc) is 2.42. The number of carbonyl (C=O) groups is 1. The van der Waals surface area contributed by atoms with Crippen LogP contribution in [-0.2, 0) is 4.79 Å². The van der Waals surface area contributed by atoms with Crippen LogP contribution in [-0.4, -0.2) is 10.9 Å². The number of nitrogens with zero attached hydrogens (tertiary/aromatic N) is 1. The van der Waals surface area contributed by atoms with E-state index in [9.17, 15) is 4.79 Å². The molecular formula is C15H13Cl2N3O. The van der Waals surface area contributed by atoms with Crippen molar-refractivity contribution < 1.29 is 4.79 Å². The highest BCUT2D eigenvalue weighted by Gasteiger charge is 2.09. The molecule has 0 unspecified atom stereocenters. The van der Waals surface area contributed by atoms with Crippen molar-refractivity contribution in [2.45, 2.75) is 6.92 Å². The molecule has 1 amide bonds. The van der Waals surface area contributed by atoms with Gasteiger partial charge in [-0.1, -0.05) is 35.3 Å². The highest BCUT2D eigenvalue weighted by molar-refractivity contribution is 6.35. The number of aryl methyl sites for hydroxylation is 1. The van der Waals surface area contributed by atoms with E-state index in [1.165, 1.54) is 6.08 Å². The number of carbonyl (C=O) groups excluding carboxylic acids is 1. The fourth-order valence-corrected chi connectivity index (χ4v) is 2.27. The molecule has 0 bridgehead atoms. The van der Waals surface area contributed by atoms with E-state index >= 15 is 0 Å². The third-order valence-electron chi connectivity index (χ3n) is 2.75. The minimum Gasteiger partial charge on any atom is -0.399 e. The second kappa shape index (κ2) is 6.61. The minimum atomic E-state index is -0.305. The highest BCUT2D eigenvalue weighted by atomic mass is 35.5. The fraction of sp³-hybridized carbons (Fsp3) is 0.0667. The predicted molar refractivity (Wildman–Crippen MR) is 87.5 cm³/mol. The van der Waals surface area contributed by atoms with Gasteiger partial charge in [-0.15, -0.1) is 0 Å². The Morgan fingerprint density at radius 2 is 1.95 bits per heavy atom. The number of hydrogen-bond acceptors (Lipinski definition) is 3. The Hall–Kier alpha value is -2.04. The van der Waals surface area contributed by atoms with Crippen LogP contribution in [0.3, 0.4) is 0 Å². The zero-order valence-corrected chi connectivity index (χ0v) is 12.7. The second-order valence-electron chi connectivity index (χ2n) is 4.42. The van der Waals surface area contributed by atoms with E-state index in [1.54, 1.807) is 31.2 Å². The van der Waals surface area contributed by atoms with E-state index in [2.05, 4.69) is 10.3 Å². The molecular weight excluding hydrogens is 309 g/mol. The molecule has 0 aliphatic rings. The number of nitrogens with two attached hydrogens (primary N) is 1. The largest absolute Gasteiger partial charge is 0.399 e. The van der Waals surface area contributed by atoms with Crippen LogP contribution in [0.1, 0.15) is 11.1 Å². The highest BCUT2D eigenvalue weighted by Crippen LogP contribution is 2.26. The molecule has 108 valence electrons. The van der Waals surface area contributed by atoms with Crippen molar-refractivity contribution in [3.63, 3.8) is 0 Å². The van der Waals surface area contributed by atoms with E-state index in [0.717, 1.165) is 11.1 Å². The lowest BCUT2D eigenvalue weighted by Crippen LogP contribution is -2.10. The Morgan fingerprint density at radius 1 is 1.29 bits per heavy atom. The number of nitrogen functional groups attached to an aromatic ring is 1. The van der Waals surface area contributed by atoms with E-state index in [1.807, 2.05) is 12.1 Å². The van der Waals surface area contributed by atoms with Crippen LogP contribution in [0.25, 0.3) is 6.08 Å². The molecule has 0 spiro atoms. The zero-order chi connectivity index (χ0) is 15.4. The molecule has 0 saturated carbocycles. The van der Waals surface area contributed by atoms with Gasteiger partial charge in [0.25, 0.3) is 0 Å². The summed E-state index contributed by atoms with van der Waals surface area (Å²) in [5, 5.41) is 3.13. The van der Waals surface area contributed by atoms with Gasteiger partial charge in [-0.05, 0) is 42.3 Å². The van der Waals surface area contributed by atoms with Crippen molar-refractivity contribution in [3.8, 4) is 0 Å². The number of nitrogens with one attached hydrogen (secondary N) is 1. The first kappa shape index (κ1) is 15.4. The van der Waals surface area contributed by atoms with E-state index < -0.39 is 0 Å². The van der Waals surface area contributed by atoms with Crippen LogP contribution < -0.4 is 11.1 Å². The summed E-state index contributed by atoms with van der Waals surface area (Å²) in [5.41, 5.74) is 8.34. The number of benzene rings is 1. The summed E-state index contributed by atoms with van der Waals surface area (Å²) >= 11 is 11.7. The molecule has 3 N–H and O–H groups in total. The van der Waals surface area contributed by atoms with Crippen LogP contribution in [0, 0.1) is 6.92 Å². The van der Waals surface area contributed by atoms with Crippen LogP contribution in [0.15, 0.2) is 36.4 Å². The van der Waals surface area contributed by atoms with E-state index in [-0.39, 0.29) is 16.2 Å². The Labute approximate surface area is 132 Å². The lowest BCUT2D eigenvalue weighted by atomic mass is 10.2. The summed E-state index contributed by atoms with van der Waals surface area (Å²) in [6, 6.07) is 8.80. The number of amides is 1. The first-order valence-electron chi connectivity index (χ1n) is 6.13. The molecule has 0 aliphatic carbocycles. The molecule has 0 radical (unpaired) electrons. The summed E-state index contributed by atoms with van der Waals surface area (Å²) in [4.78, 5) is 15.8. The molecule has 1 aromatic carbocycles. The summed E-state index contributed by atoms with van der Waals surface area (Å²) in [6.07, 6.45) is 3.09. The van der Waals surface area contributed by atoms with Crippen LogP contribution in [0.4, 0.5) is 11.4 Å². The number of hydrogen-bond donors (Lipinski definition) is 2. The molecule has 1 aromatic heterocycles. The molecule has 1 heterocycles. The van der Waals surface area contributed by atoms with Gasteiger partial charge in [0, 0.05) is 11.8 Å². The predicted octanol–water partition coefficient (Wildman–Crippen LogP) is 3.93. The van der Waals surface area contributed by atoms with Crippen molar-refractivity contribution in [1.29, 1.82) is 0 Å². The molecule has 4 nitrogen and oxygen atoms in total. The second-order valence-corrected chi connectivity index (χ2v) is 5.16. The van der Waals surface area contributed by atoms with Gasteiger partial charge in [-0.3, -0.25) is 4.79 Å². The van der Waals surface area contributed by atoms with Gasteiger partial charge in [-0.2, -0.15) is 0 Å². The van der Waals surface area contributed by atoms with E-state index in [4.69, 9.17) is 28.9 Å². The standard InChI is InChI=1S/C15H13Cl2N3O/c1-9-8-12(16)19-15(17)14(9)20-13(21)7-4-10-2-5-11(18)6-3-10/h2-8H,18H2,1H3,(H,20,21)/b7-4+. The molecule has 0 saturated heterocycles. The Morgan fingerprint density at radius 3 is 2.57 bits per heavy atom. The molecule has 6 heteroatoms. The molecule has 0 fully saturated rings. The quantitative estimate of drug-likeness (QED) is 0.511. The molecule has 0 aliphatic heterocycles. The number of anilines is 2. The van der Waals surface area contributed by atoms with Crippen LogP contribution in [0.2, 0.25) is 10.3 Å². The van der Waals surface area contributed by atoms with Crippen LogP contribution >= 0.6 is 23.2 Å². The van der Waals surface area contributed by atoms with Gasteiger partial charge in [0.15, 0.2) is 5.15 Å².